The molecular weight excluding hydrogens is 266 g/mol. The highest BCUT2D eigenvalue weighted by Crippen LogP contribution is 2.20. The minimum Gasteiger partial charge on any atom is -0.448 e. The Hall–Kier alpha value is -1.84. The second-order valence-electron chi connectivity index (χ2n) is 5.66. The lowest BCUT2D eigenvalue weighted by Gasteiger charge is -2.25. The summed E-state index contributed by atoms with van der Waals surface area (Å²) in [5.74, 6) is -0.600. The number of ether oxygens (including phenoxy) is 1. The Morgan fingerprint density at radius 3 is 2.90 bits per heavy atom. The van der Waals surface area contributed by atoms with E-state index >= 15 is 0 Å². The number of hydrogen-bond acceptors (Lipinski definition) is 3. The predicted molar refractivity (Wildman–Crippen MR) is 81.1 cm³/mol. The van der Waals surface area contributed by atoms with Crippen LogP contribution in [-0.2, 0) is 16.0 Å². The van der Waals surface area contributed by atoms with Gasteiger partial charge in [-0.1, -0.05) is 44.4 Å². The van der Waals surface area contributed by atoms with Crippen LogP contribution in [-0.4, -0.2) is 24.0 Å². The number of carbonyl (C=O) groups excluding carboxylic acids is 2. The van der Waals surface area contributed by atoms with E-state index in [-0.39, 0.29) is 11.9 Å². The molecule has 21 heavy (non-hydrogen) atoms. The highest BCUT2D eigenvalue weighted by atomic mass is 16.5. The first kappa shape index (κ1) is 15.5. The predicted octanol–water partition coefficient (Wildman–Crippen LogP) is 2.85. The summed E-state index contributed by atoms with van der Waals surface area (Å²) in [5, 5.41) is 2.94. The number of rotatable bonds is 6. The molecule has 1 N–H and O–H groups in total. The second-order valence-corrected chi connectivity index (χ2v) is 5.66. The normalized spacial score (nSPS) is 18.6. The number of esters is 1. The molecule has 0 saturated heterocycles. The number of nitrogens with one attached hydrogen (secondary N) is 1. The first-order valence-corrected chi connectivity index (χ1v) is 7.71. The number of unbranched alkanes of at least 4 members (excludes halogenated alkanes) is 2. The van der Waals surface area contributed by atoms with Gasteiger partial charge in [-0.2, -0.15) is 0 Å². The molecule has 0 fully saturated rings. The van der Waals surface area contributed by atoms with Gasteiger partial charge in [-0.25, -0.2) is 4.79 Å². The molecule has 1 aromatic carbocycles. The summed E-state index contributed by atoms with van der Waals surface area (Å²) in [6.45, 7) is 4.15. The molecule has 1 heterocycles. The van der Waals surface area contributed by atoms with E-state index in [0.29, 0.717) is 12.0 Å². The number of hydrogen-bond donors (Lipinski definition) is 1. The van der Waals surface area contributed by atoms with Gasteiger partial charge >= 0.3 is 5.97 Å². The summed E-state index contributed by atoms with van der Waals surface area (Å²) in [4.78, 5) is 24.1. The molecule has 0 saturated carbocycles. The van der Waals surface area contributed by atoms with E-state index in [9.17, 15) is 9.59 Å². The van der Waals surface area contributed by atoms with Crippen molar-refractivity contribution in [2.75, 3.05) is 0 Å². The first-order valence-electron chi connectivity index (χ1n) is 7.71. The van der Waals surface area contributed by atoms with Crippen LogP contribution in [0.3, 0.4) is 0 Å². The van der Waals surface area contributed by atoms with Crippen molar-refractivity contribution in [3.63, 3.8) is 0 Å². The van der Waals surface area contributed by atoms with Gasteiger partial charge in [-0.3, -0.25) is 4.79 Å². The Bertz CT molecular complexity index is 513. The quantitative estimate of drug-likeness (QED) is 0.647. The fraction of sp³-hybridized carbons (Fsp3) is 0.529. The van der Waals surface area contributed by atoms with Crippen LogP contribution in [0.4, 0.5) is 0 Å². The van der Waals surface area contributed by atoms with Crippen LogP contribution >= 0.6 is 0 Å². The van der Waals surface area contributed by atoms with E-state index in [2.05, 4.69) is 12.2 Å². The van der Waals surface area contributed by atoms with E-state index in [1.54, 1.807) is 12.1 Å². The Balaban J connectivity index is 1.91. The molecule has 2 unspecified atom stereocenters. The molecule has 4 heteroatoms. The van der Waals surface area contributed by atoms with Gasteiger partial charge in [0.2, 0.25) is 0 Å². The third kappa shape index (κ3) is 4.06. The Morgan fingerprint density at radius 2 is 2.14 bits per heavy atom. The van der Waals surface area contributed by atoms with Gasteiger partial charge in [-0.05, 0) is 25.0 Å². The summed E-state index contributed by atoms with van der Waals surface area (Å²) in [6.07, 6.45) is 4.14. The summed E-state index contributed by atoms with van der Waals surface area (Å²) in [6, 6.07) is 7.40. The standard InChI is InChI=1S/C17H23NO3/c1-3-4-5-8-12(2)18-16(19)15-11-13-9-6-7-10-14(13)17(20)21-15/h6-7,9-10,12,15H,3-5,8,11H2,1-2H3,(H,18,19). The number of carbonyl (C=O) groups is 2. The number of benzene rings is 1. The van der Waals surface area contributed by atoms with Crippen molar-refractivity contribution in [2.45, 2.75) is 58.1 Å². The largest absolute Gasteiger partial charge is 0.448 e. The van der Waals surface area contributed by atoms with Crippen molar-refractivity contribution >= 4 is 11.9 Å². The SMILES string of the molecule is CCCCCC(C)NC(=O)C1Cc2ccccc2C(=O)O1. The van der Waals surface area contributed by atoms with E-state index in [4.69, 9.17) is 4.74 Å². The van der Waals surface area contributed by atoms with Crippen LogP contribution in [0.2, 0.25) is 0 Å². The molecule has 1 amide bonds. The van der Waals surface area contributed by atoms with Gasteiger partial charge in [0.1, 0.15) is 0 Å². The van der Waals surface area contributed by atoms with Crippen LogP contribution < -0.4 is 5.32 Å². The molecule has 0 bridgehead atoms. The molecule has 1 aliphatic rings. The van der Waals surface area contributed by atoms with Crippen molar-refractivity contribution < 1.29 is 14.3 Å². The van der Waals surface area contributed by atoms with Crippen LogP contribution in [0.5, 0.6) is 0 Å². The van der Waals surface area contributed by atoms with Crippen molar-refractivity contribution in [3.05, 3.63) is 35.4 Å². The number of cyclic esters (lactones) is 1. The van der Waals surface area contributed by atoms with Crippen LogP contribution in [0.15, 0.2) is 24.3 Å². The van der Waals surface area contributed by atoms with Gasteiger partial charge in [0, 0.05) is 12.5 Å². The first-order chi connectivity index (χ1) is 10.1. The molecule has 0 aromatic heterocycles. The van der Waals surface area contributed by atoms with Gasteiger partial charge in [0.25, 0.3) is 5.91 Å². The van der Waals surface area contributed by atoms with Gasteiger partial charge < -0.3 is 10.1 Å². The van der Waals surface area contributed by atoms with Crippen molar-refractivity contribution in [2.24, 2.45) is 0 Å². The number of fused-ring (bicyclic) bond motifs is 1. The molecule has 4 nitrogen and oxygen atoms in total. The molecule has 1 aromatic rings. The maximum Gasteiger partial charge on any atom is 0.339 e. The highest BCUT2D eigenvalue weighted by molar-refractivity contribution is 5.95. The Kier molecular flexibility index (Phi) is 5.37. The van der Waals surface area contributed by atoms with Gasteiger partial charge in [0.05, 0.1) is 5.56 Å². The molecule has 2 atom stereocenters. The highest BCUT2D eigenvalue weighted by Gasteiger charge is 2.31. The maximum absolute atomic E-state index is 12.2. The Labute approximate surface area is 125 Å². The van der Waals surface area contributed by atoms with Crippen molar-refractivity contribution in [1.29, 1.82) is 0 Å². The summed E-state index contributed by atoms with van der Waals surface area (Å²) < 4.78 is 5.25. The van der Waals surface area contributed by atoms with E-state index < -0.39 is 12.1 Å². The van der Waals surface area contributed by atoms with Crippen molar-refractivity contribution in [1.82, 2.24) is 5.32 Å². The molecule has 0 radical (unpaired) electrons. The lowest BCUT2D eigenvalue weighted by atomic mass is 9.98. The fourth-order valence-corrected chi connectivity index (χ4v) is 2.59. The number of amides is 1. The van der Waals surface area contributed by atoms with Crippen LogP contribution in [0.1, 0.15) is 55.5 Å². The molecule has 1 aliphatic heterocycles. The fourth-order valence-electron chi connectivity index (χ4n) is 2.59. The minimum atomic E-state index is -0.707. The zero-order chi connectivity index (χ0) is 15.2. The Morgan fingerprint density at radius 1 is 1.38 bits per heavy atom. The molecule has 0 spiro atoms. The minimum absolute atomic E-state index is 0.111. The lowest BCUT2D eigenvalue weighted by molar-refractivity contribution is -0.131. The van der Waals surface area contributed by atoms with Gasteiger partial charge in [0.15, 0.2) is 6.10 Å². The molecule has 2 rings (SSSR count). The average molecular weight is 289 g/mol. The maximum atomic E-state index is 12.2. The zero-order valence-electron chi connectivity index (χ0n) is 12.7. The monoisotopic (exact) mass is 289 g/mol. The zero-order valence-corrected chi connectivity index (χ0v) is 12.7. The van der Waals surface area contributed by atoms with E-state index in [1.807, 2.05) is 19.1 Å². The molecular formula is C17H23NO3. The molecule has 0 aliphatic carbocycles. The summed E-state index contributed by atoms with van der Waals surface area (Å²) in [7, 11) is 0. The topological polar surface area (TPSA) is 55.4 Å². The smallest absolute Gasteiger partial charge is 0.339 e. The summed E-state index contributed by atoms with van der Waals surface area (Å²) >= 11 is 0. The third-order valence-electron chi connectivity index (χ3n) is 3.81. The average Bonchev–Trinajstić information content (AvgIpc) is 2.47. The van der Waals surface area contributed by atoms with Crippen molar-refractivity contribution in [3.8, 4) is 0 Å². The van der Waals surface area contributed by atoms with E-state index in [0.717, 1.165) is 24.8 Å². The van der Waals surface area contributed by atoms with Crippen LogP contribution in [0, 0.1) is 0 Å². The molecule has 114 valence electrons. The lowest BCUT2D eigenvalue weighted by Crippen LogP contribution is -2.45. The van der Waals surface area contributed by atoms with Crippen LogP contribution in [0.25, 0.3) is 0 Å². The van der Waals surface area contributed by atoms with E-state index in [1.165, 1.54) is 6.42 Å². The second kappa shape index (κ2) is 7.25. The third-order valence-corrected chi connectivity index (χ3v) is 3.81. The summed E-state index contributed by atoms with van der Waals surface area (Å²) in [5.41, 5.74) is 1.45. The van der Waals surface area contributed by atoms with Gasteiger partial charge in [-0.15, -0.1) is 0 Å².